The SMILES string of the molecule is CCCc1ccc(-c2cc3ccc(C4CCC(CCC)CC4)cc3s2)cc1. The van der Waals surface area contributed by atoms with Crippen LogP contribution in [0.1, 0.15) is 75.8 Å². The predicted molar refractivity (Wildman–Crippen MR) is 121 cm³/mol. The highest BCUT2D eigenvalue weighted by molar-refractivity contribution is 7.22. The molecule has 142 valence electrons. The largest absolute Gasteiger partial charge is 0.135 e. The molecule has 1 aliphatic rings. The van der Waals surface area contributed by atoms with Gasteiger partial charge in [0.05, 0.1) is 0 Å². The van der Waals surface area contributed by atoms with E-state index in [1.807, 2.05) is 11.3 Å². The molecule has 1 saturated carbocycles. The second-order valence-corrected chi connectivity index (χ2v) is 9.44. The van der Waals surface area contributed by atoms with E-state index < -0.39 is 0 Å². The highest BCUT2D eigenvalue weighted by atomic mass is 32.1. The van der Waals surface area contributed by atoms with Gasteiger partial charge in [0.15, 0.2) is 0 Å². The van der Waals surface area contributed by atoms with Gasteiger partial charge in [-0.3, -0.25) is 0 Å². The smallest absolute Gasteiger partial charge is 0.0355 e. The van der Waals surface area contributed by atoms with Crippen molar-refractivity contribution in [1.29, 1.82) is 0 Å². The lowest BCUT2D eigenvalue weighted by Crippen LogP contribution is -2.13. The minimum atomic E-state index is 0.779. The number of aryl methyl sites for hydroxylation is 1. The van der Waals surface area contributed by atoms with Crippen LogP contribution >= 0.6 is 11.3 Å². The van der Waals surface area contributed by atoms with E-state index in [1.54, 1.807) is 5.56 Å². The molecule has 1 fully saturated rings. The molecule has 0 unspecified atom stereocenters. The molecule has 0 bridgehead atoms. The molecule has 0 radical (unpaired) electrons. The molecule has 1 aliphatic carbocycles. The van der Waals surface area contributed by atoms with Gasteiger partial charge in [-0.25, -0.2) is 0 Å². The molecule has 4 rings (SSSR count). The van der Waals surface area contributed by atoms with Crippen LogP contribution in [0.3, 0.4) is 0 Å². The van der Waals surface area contributed by atoms with Crippen molar-refractivity contribution in [2.75, 3.05) is 0 Å². The lowest BCUT2D eigenvalue weighted by atomic mass is 9.77. The third-order valence-corrected chi connectivity index (χ3v) is 7.48. The minimum Gasteiger partial charge on any atom is -0.135 e. The zero-order chi connectivity index (χ0) is 18.6. The van der Waals surface area contributed by atoms with Crippen LogP contribution in [0.5, 0.6) is 0 Å². The summed E-state index contributed by atoms with van der Waals surface area (Å²) >= 11 is 1.96. The van der Waals surface area contributed by atoms with Gasteiger partial charge in [-0.1, -0.05) is 69.5 Å². The summed E-state index contributed by atoms with van der Waals surface area (Å²) in [5.41, 5.74) is 4.38. The average Bonchev–Trinajstić information content (AvgIpc) is 3.13. The van der Waals surface area contributed by atoms with Gasteiger partial charge >= 0.3 is 0 Å². The summed E-state index contributed by atoms with van der Waals surface area (Å²) in [4.78, 5) is 1.40. The molecule has 0 nitrogen and oxygen atoms in total. The Labute approximate surface area is 168 Å². The average molecular weight is 377 g/mol. The molecule has 0 atom stereocenters. The second kappa shape index (κ2) is 8.61. The fraction of sp³-hybridized carbons (Fsp3) is 0.462. The Morgan fingerprint density at radius 2 is 1.63 bits per heavy atom. The van der Waals surface area contributed by atoms with Crippen molar-refractivity contribution < 1.29 is 0 Å². The molecular weight excluding hydrogens is 344 g/mol. The van der Waals surface area contributed by atoms with E-state index in [-0.39, 0.29) is 0 Å². The first-order valence-corrected chi connectivity index (χ1v) is 11.7. The Bertz CT molecular complexity index is 863. The molecule has 0 aliphatic heterocycles. The van der Waals surface area contributed by atoms with Crippen molar-refractivity contribution in [2.45, 2.75) is 71.1 Å². The first kappa shape index (κ1) is 18.7. The van der Waals surface area contributed by atoms with E-state index in [0.29, 0.717) is 0 Å². The Kier molecular flexibility index (Phi) is 5.98. The van der Waals surface area contributed by atoms with Gasteiger partial charge in [-0.2, -0.15) is 0 Å². The van der Waals surface area contributed by atoms with Gasteiger partial charge in [0, 0.05) is 9.58 Å². The Morgan fingerprint density at radius 1 is 0.852 bits per heavy atom. The summed E-state index contributed by atoms with van der Waals surface area (Å²) in [6.07, 6.45) is 10.8. The summed E-state index contributed by atoms with van der Waals surface area (Å²) in [7, 11) is 0. The van der Waals surface area contributed by atoms with Gasteiger partial charge in [0.1, 0.15) is 0 Å². The molecule has 2 aromatic carbocycles. The van der Waals surface area contributed by atoms with Gasteiger partial charge in [0.2, 0.25) is 0 Å². The number of thiophene rings is 1. The molecular formula is C26H32S. The molecule has 0 spiro atoms. The fourth-order valence-corrected chi connectivity index (χ4v) is 5.88. The summed E-state index contributed by atoms with van der Waals surface area (Å²) in [6.45, 7) is 4.57. The monoisotopic (exact) mass is 376 g/mol. The van der Waals surface area contributed by atoms with Crippen LogP contribution in [0.15, 0.2) is 48.5 Å². The number of fused-ring (bicyclic) bond motifs is 1. The number of hydrogen-bond donors (Lipinski definition) is 0. The molecule has 0 amide bonds. The summed E-state index contributed by atoms with van der Waals surface area (Å²) < 4.78 is 1.45. The van der Waals surface area contributed by atoms with Crippen LogP contribution in [-0.2, 0) is 6.42 Å². The van der Waals surface area contributed by atoms with Crippen molar-refractivity contribution in [2.24, 2.45) is 5.92 Å². The lowest BCUT2D eigenvalue weighted by Gasteiger charge is -2.28. The number of hydrogen-bond acceptors (Lipinski definition) is 1. The van der Waals surface area contributed by atoms with E-state index in [9.17, 15) is 0 Å². The fourth-order valence-electron chi connectivity index (χ4n) is 4.76. The molecule has 0 N–H and O–H groups in total. The van der Waals surface area contributed by atoms with Crippen LogP contribution in [0.2, 0.25) is 0 Å². The van der Waals surface area contributed by atoms with Crippen molar-refractivity contribution >= 4 is 21.4 Å². The van der Waals surface area contributed by atoms with Crippen LogP contribution in [0.25, 0.3) is 20.5 Å². The summed E-state index contributed by atoms with van der Waals surface area (Å²) in [6, 6.07) is 18.8. The number of benzene rings is 2. The lowest BCUT2D eigenvalue weighted by molar-refractivity contribution is 0.308. The van der Waals surface area contributed by atoms with Crippen LogP contribution in [-0.4, -0.2) is 0 Å². The van der Waals surface area contributed by atoms with E-state index in [1.165, 1.54) is 77.5 Å². The van der Waals surface area contributed by atoms with Gasteiger partial charge < -0.3 is 0 Å². The van der Waals surface area contributed by atoms with Crippen molar-refractivity contribution in [1.82, 2.24) is 0 Å². The maximum absolute atomic E-state index is 2.49. The molecule has 0 saturated heterocycles. The predicted octanol–water partition coefficient (Wildman–Crippen LogP) is 8.59. The third-order valence-electron chi connectivity index (χ3n) is 6.34. The first-order chi connectivity index (χ1) is 13.3. The molecule has 1 aromatic heterocycles. The van der Waals surface area contributed by atoms with Crippen molar-refractivity contribution in [3.63, 3.8) is 0 Å². The highest BCUT2D eigenvalue weighted by Crippen LogP contribution is 2.40. The first-order valence-electron chi connectivity index (χ1n) is 10.9. The standard InChI is InChI=1S/C26H32S/c1-3-5-19-7-11-21(12-8-19)23-15-16-24-18-25(27-26(24)17-23)22-13-9-20(6-4-2)10-14-22/h9-10,13-19,21H,3-8,11-12H2,1-2H3. The van der Waals surface area contributed by atoms with Gasteiger partial charge in [0.25, 0.3) is 0 Å². The minimum absolute atomic E-state index is 0.779. The zero-order valence-corrected chi connectivity index (χ0v) is 17.7. The van der Waals surface area contributed by atoms with E-state index in [0.717, 1.165) is 11.8 Å². The Hall–Kier alpha value is -1.60. The zero-order valence-electron chi connectivity index (χ0n) is 16.8. The van der Waals surface area contributed by atoms with E-state index >= 15 is 0 Å². The van der Waals surface area contributed by atoms with E-state index in [2.05, 4.69) is 62.4 Å². The highest BCUT2D eigenvalue weighted by Gasteiger charge is 2.22. The normalized spacial score (nSPS) is 20.2. The maximum atomic E-state index is 2.49. The topological polar surface area (TPSA) is 0 Å². The molecule has 27 heavy (non-hydrogen) atoms. The summed E-state index contributed by atoms with van der Waals surface area (Å²) in [5, 5.41) is 1.40. The van der Waals surface area contributed by atoms with Crippen LogP contribution in [0, 0.1) is 5.92 Å². The second-order valence-electron chi connectivity index (χ2n) is 8.36. The molecule has 1 heteroatoms. The van der Waals surface area contributed by atoms with Crippen LogP contribution in [0.4, 0.5) is 0 Å². The molecule has 3 aromatic rings. The maximum Gasteiger partial charge on any atom is 0.0355 e. The van der Waals surface area contributed by atoms with Crippen LogP contribution < -0.4 is 0 Å². The third kappa shape index (κ3) is 4.29. The number of rotatable bonds is 6. The quantitative estimate of drug-likeness (QED) is 0.404. The Balaban J connectivity index is 1.52. The summed E-state index contributed by atoms with van der Waals surface area (Å²) in [5.74, 6) is 1.76. The van der Waals surface area contributed by atoms with Gasteiger partial charge in [-0.15, -0.1) is 11.3 Å². The van der Waals surface area contributed by atoms with E-state index in [4.69, 9.17) is 0 Å². The van der Waals surface area contributed by atoms with Crippen molar-refractivity contribution in [3.8, 4) is 10.4 Å². The molecule has 1 heterocycles. The van der Waals surface area contributed by atoms with Gasteiger partial charge in [-0.05, 0) is 78.1 Å². The Morgan fingerprint density at radius 3 is 2.33 bits per heavy atom. The van der Waals surface area contributed by atoms with Crippen molar-refractivity contribution in [3.05, 3.63) is 59.7 Å².